The monoisotopic (exact) mass is 335 g/mol. The highest BCUT2D eigenvalue weighted by atomic mass is 35.5. The molecule has 3 rings (SSSR count). The molecule has 1 aromatic carbocycles. The average Bonchev–Trinajstić information content (AvgIpc) is 3.04. The van der Waals surface area contributed by atoms with Gasteiger partial charge in [-0.1, -0.05) is 36.2 Å². The zero-order valence-electron chi connectivity index (χ0n) is 13.1. The third kappa shape index (κ3) is 3.37. The van der Waals surface area contributed by atoms with E-state index in [1.54, 1.807) is 0 Å². The molecule has 3 unspecified atom stereocenters. The highest BCUT2D eigenvalue weighted by Gasteiger charge is 2.38. The van der Waals surface area contributed by atoms with Gasteiger partial charge in [-0.3, -0.25) is 9.59 Å². The van der Waals surface area contributed by atoms with E-state index in [1.807, 2.05) is 29.2 Å². The summed E-state index contributed by atoms with van der Waals surface area (Å²) in [5.41, 5.74) is 1.01. The first-order valence-corrected chi connectivity index (χ1v) is 8.73. The van der Waals surface area contributed by atoms with Crippen LogP contribution in [0.5, 0.6) is 0 Å². The van der Waals surface area contributed by atoms with Crippen molar-refractivity contribution in [1.82, 2.24) is 4.90 Å². The summed E-state index contributed by atoms with van der Waals surface area (Å²) < 4.78 is 0. The van der Waals surface area contributed by atoms with Gasteiger partial charge >= 0.3 is 5.97 Å². The van der Waals surface area contributed by atoms with Crippen molar-refractivity contribution < 1.29 is 14.7 Å². The molecule has 1 aliphatic carbocycles. The van der Waals surface area contributed by atoms with E-state index in [9.17, 15) is 14.7 Å². The molecule has 3 atom stereocenters. The molecule has 23 heavy (non-hydrogen) atoms. The van der Waals surface area contributed by atoms with Gasteiger partial charge in [0.2, 0.25) is 5.91 Å². The SMILES string of the molecule is O=C(O)C1CCCC(C(=O)N2CCCC2c2ccccc2Cl)C1. The molecule has 0 aromatic heterocycles. The lowest BCUT2D eigenvalue weighted by atomic mass is 9.80. The van der Waals surface area contributed by atoms with Crippen molar-refractivity contribution in [3.05, 3.63) is 34.9 Å². The fourth-order valence-electron chi connectivity index (χ4n) is 3.97. The van der Waals surface area contributed by atoms with Gasteiger partial charge < -0.3 is 10.0 Å². The Morgan fingerprint density at radius 1 is 1.09 bits per heavy atom. The van der Waals surface area contributed by atoms with E-state index in [-0.39, 0.29) is 23.8 Å². The number of rotatable bonds is 3. The fraction of sp³-hybridized carbons (Fsp3) is 0.556. The predicted octanol–water partition coefficient (Wildman–Crippen LogP) is 3.89. The predicted molar refractivity (Wildman–Crippen MR) is 88.2 cm³/mol. The molecule has 0 bridgehead atoms. The average molecular weight is 336 g/mol. The summed E-state index contributed by atoms with van der Waals surface area (Å²) in [4.78, 5) is 26.1. The van der Waals surface area contributed by atoms with Gasteiger partial charge in [-0.15, -0.1) is 0 Å². The summed E-state index contributed by atoms with van der Waals surface area (Å²) >= 11 is 6.31. The van der Waals surface area contributed by atoms with E-state index in [2.05, 4.69) is 0 Å². The molecule has 1 amide bonds. The van der Waals surface area contributed by atoms with Gasteiger partial charge in [-0.2, -0.15) is 0 Å². The lowest BCUT2D eigenvalue weighted by Gasteiger charge is -2.33. The zero-order valence-corrected chi connectivity index (χ0v) is 13.8. The minimum Gasteiger partial charge on any atom is -0.481 e. The third-order valence-corrected chi connectivity index (χ3v) is 5.52. The summed E-state index contributed by atoms with van der Waals surface area (Å²) in [6, 6.07) is 7.72. The van der Waals surface area contributed by atoms with E-state index in [4.69, 9.17) is 11.6 Å². The van der Waals surface area contributed by atoms with Crippen molar-refractivity contribution in [1.29, 1.82) is 0 Å². The molecule has 1 heterocycles. The van der Waals surface area contributed by atoms with Crippen LogP contribution in [0, 0.1) is 11.8 Å². The zero-order chi connectivity index (χ0) is 16.4. The first-order valence-electron chi connectivity index (χ1n) is 8.35. The number of carboxylic acids is 1. The summed E-state index contributed by atoms with van der Waals surface area (Å²) in [5, 5.41) is 9.93. The quantitative estimate of drug-likeness (QED) is 0.911. The molecular formula is C18H22ClNO3. The molecule has 1 aromatic rings. The lowest BCUT2D eigenvalue weighted by molar-refractivity contribution is -0.145. The van der Waals surface area contributed by atoms with Gasteiger partial charge in [0.1, 0.15) is 0 Å². The number of aliphatic carboxylic acids is 1. The Morgan fingerprint density at radius 3 is 2.57 bits per heavy atom. The van der Waals surface area contributed by atoms with Gasteiger partial charge in [0.05, 0.1) is 12.0 Å². The minimum absolute atomic E-state index is 0.0291. The molecule has 5 heteroatoms. The van der Waals surface area contributed by atoms with Crippen LogP contribution in [0.4, 0.5) is 0 Å². The first-order chi connectivity index (χ1) is 11.1. The number of hydrogen-bond acceptors (Lipinski definition) is 2. The van der Waals surface area contributed by atoms with E-state index in [1.165, 1.54) is 0 Å². The third-order valence-electron chi connectivity index (χ3n) is 5.17. The van der Waals surface area contributed by atoms with Gasteiger partial charge in [0.15, 0.2) is 0 Å². The number of carbonyl (C=O) groups excluding carboxylic acids is 1. The number of carbonyl (C=O) groups is 2. The Kier molecular flexibility index (Phi) is 4.90. The standard InChI is InChI=1S/C18H22ClNO3/c19-15-8-2-1-7-14(15)16-9-4-10-20(16)17(21)12-5-3-6-13(11-12)18(22)23/h1-2,7-8,12-13,16H,3-6,9-11H2,(H,22,23). The van der Waals surface area contributed by atoms with Gasteiger partial charge in [0, 0.05) is 17.5 Å². The Hall–Kier alpha value is -1.55. The molecule has 0 radical (unpaired) electrons. The van der Waals surface area contributed by atoms with E-state index in [0.29, 0.717) is 17.9 Å². The van der Waals surface area contributed by atoms with Crippen LogP contribution in [-0.4, -0.2) is 28.4 Å². The Balaban J connectivity index is 1.76. The Bertz CT molecular complexity index is 604. The smallest absolute Gasteiger partial charge is 0.306 e. The maximum absolute atomic E-state index is 13.0. The van der Waals surface area contributed by atoms with Crippen LogP contribution in [0.1, 0.15) is 50.1 Å². The molecule has 124 valence electrons. The number of amides is 1. The van der Waals surface area contributed by atoms with Crippen molar-refractivity contribution in [3.8, 4) is 0 Å². The van der Waals surface area contributed by atoms with E-state index < -0.39 is 5.97 Å². The summed E-state index contributed by atoms with van der Waals surface area (Å²) in [5.74, 6) is -1.20. The second kappa shape index (κ2) is 6.91. The van der Waals surface area contributed by atoms with Gasteiger partial charge in [-0.05, 0) is 43.7 Å². The van der Waals surface area contributed by atoms with Crippen molar-refractivity contribution in [3.63, 3.8) is 0 Å². The number of halogens is 1. The van der Waals surface area contributed by atoms with Gasteiger partial charge in [0.25, 0.3) is 0 Å². The number of carboxylic acid groups (broad SMARTS) is 1. The summed E-state index contributed by atoms with van der Waals surface area (Å²) in [7, 11) is 0. The highest BCUT2D eigenvalue weighted by Crippen LogP contribution is 2.39. The largest absolute Gasteiger partial charge is 0.481 e. The molecule has 2 fully saturated rings. The van der Waals surface area contributed by atoms with Crippen molar-refractivity contribution >= 4 is 23.5 Å². The van der Waals surface area contributed by atoms with Crippen LogP contribution in [0.2, 0.25) is 5.02 Å². The number of likely N-dealkylation sites (tertiary alicyclic amines) is 1. The van der Waals surface area contributed by atoms with Crippen molar-refractivity contribution in [2.75, 3.05) is 6.54 Å². The molecular weight excluding hydrogens is 314 g/mol. The normalized spacial score (nSPS) is 27.9. The fourth-order valence-corrected chi connectivity index (χ4v) is 4.23. The van der Waals surface area contributed by atoms with Crippen molar-refractivity contribution in [2.45, 2.75) is 44.6 Å². The maximum atomic E-state index is 13.0. The first kappa shape index (κ1) is 16.3. The van der Waals surface area contributed by atoms with Crippen LogP contribution >= 0.6 is 11.6 Å². The molecule has 0 spiro atoms. The molecule has 1 saturated carbocycles. The van der Waals surface area contributed by atoms with E-state index in [0.717, 1.165) is 37.8 Å². The van der Waals surface area contributed by atoms with Crippen LogP contribution in [0.3, 0.4) is 0 Å². The molecule has 1 aliphatic heterocycles. The Labute approximate surface area is 141 Å². The second-order valence-electron chi connectivity index (χ2n) is 6.61. The second-order valence-corrected chi connectivity index (χ2v) is 7.02. The molecule has 1 N–H and O–H groups in total. The highest BCUT2D eigenvalue weighted by molar-refractivity contribution is 6.31. The molecule has 4 nitrogen and oxygen atoms in total. The molecule has 1 saturated heterocycles. The number of hydrogen-bond donors (Lipinski definition) is 1. The van der Waals surface area contributed by atoms with E-state index >= 15 is 0 Å². The Morgan fingerprint density at radius 2 is 1.83 bits per heavy atom. The lowest BCUT2D eigenvalue weighted by Crippen LogP contribution is -2.38. The minimum atomic E-state index is -0.772. The van der Waals surface area contributed by atoms with Crippen molar-refractivity contribution in [2.24, 2.45) is 11.8 Å². The van der Waals surface area contributed by atoms with Crippen LogP contribution in [0.15, 0.2) is 24.3 Å². The van der Waals surface area contributed by atoms with Crippen LogP contribution in [-0.2, 0) is 9.59 Å². The van der Waals surface area contributed by atoms with Crippen LogP contribution < -0.4 is 0 Å². The summed E-state index contributed by atoms with van der Waals surface area (Å²) in [6.45, 7) is 0.739. The summed E-state index contributed by atoms with van der Waals surface area (Å²) in [6.07, 6.45) is 4.67. The maximum Gasteiger partial charge on any atom is 0.306 e. The van der Waals surface area contributed by atoms with Gasteiger partial charge in [-0.25, -0.2) is 0 Å². The number of benzene rings is 1. The number of nitrogens with zero attached hydrogens (tertiary/aromatic N) is 1. The van der Waals surface area contributed by atoms with Crippen LogP contribution in [0.25, 0.3) is 0 Å². The topological polar surface area (TPSA) is 57.6 Å². The molecule has 2 aliphatic rings.